The summed E-state index contributed by atoms with van der Waals surface area (Å²) in [6.07, 6.45) is 2.03. The molecule has 7 heteroatoms. The van der Waals surface area contributed by atoms with Crippen molar-refractivity contribution in [2.75, 3.05) is 0 Å². The van der Waals surface area contributed by atoms with Crippen LogP contribution in [-0.4, -0.2) is 19.1 Å². The molecule has 1 fully saturated rings. The van der Waals surface area contributed by atoms with Gasteiger partial charge in [-0.25, -0.2) is 8.42 Å². The monoisotopic (exact) mass is 395 g/mol. The molecule has 1 heterocycles. The van der Waals surface area contributed by atoms with Gasteiger partial charge in [0.2, 0.25) is 5.91 Å². The minimum absolute atomic E-state index is 0.125. The third-order valence-electron chi connectivity index (χ3n) is 5.00. The molecule has 0 radical (unpaired) electrons. The Kier molecular flexibility index (Phi) is 5.17. The molecule has 1 amide bonds. The Hall–Kier alpha value is -1.79. The number of hydrogen-bond acceptors (Lipinski definition) is 4. The van der Waals surface area contributed by atoms with Crippen LogP contribution in [0.1, 0.15) is 50.2 Å². The van der Waals surface area contributed by atoms with Gasteiger partial charge in [0.25, 0.3) is 0 Å². The molecule has 1 aromatic heterocycles. The minimum atomic E-state index is -3.84. The van der Waals surface area contributed by atoms with Gasteiger partial charge in [0, 0.05) is 5.02 Å². The molecule has 0 bridgehead atoms. The largest absolute Gasteiger partial charge is 0.464 e. The molecule has 3 rings (SSSR count). The molecule has 1 aliphatic rings. The molecule has 1 aromatic carbocycles. The van der Waals surface area contributed by atoms with Gasteiger partial charge in [0.15, 0.2) is 14.6 Å². The molecular weight excluding hydrogens is 374 g/mol. The zero-order chi connectivity index (χ0) is 18.9. The molecular formula is C19H22ClNO4S. The van der Waals surface area contributed by atoms with Gasteiger partial charge in [0.05, 0.1) is 10.9 Å². The topological polar surface area (TPSA) is 76.4 Å². The van der Waals surface area contributed by atoms with Crippen LogP contribution in [0.5, 0.6) is 0 Å². The van der Waals surface area contributed by atoms with E-state index < -0.39 is 26.5 Å². The van der Waals surface area contributed by atoms with Gasteiger partial charge >= 0.3 is 0 Å². The highest BCUT2D eigenvalue weighted by Crippen LogP contribution is 2.41. The van der Waals surface area contributed by atoms with E-state index in [9.17, 15) is 13.2 Å². The van der Waals surface area contributed by atoms with E-state index in [0.29, 0.717) is 36.5 Å². The summed E-state index contributed by atoms with van der Waals surface area (Å²) in [6.45, 7) is 3.61. The lowest BCUT2D eigenvalue weighted by Gasteiger charge is -2.29. The summed E-state index contributed by atoms with van der Waals surface area (Å²) >= 11 is 5.87. The van der Waals surface area contributed by atoms with Crippen molar-refractivity contribution in [3.8, 4) is 0 Å². The molecule has 0 aliphatic heterocycles. The predicted octanol–water partition coefficient (Wildman–Crippen LogP) is 4.21. The lowest BCUT2D eigenvalue weighted by atomic mass is 10.1. The maximum atomic E-state index is 13.3. The Morgan fingerprint density at radius 2 is 1.77 bits per heavy atom. The summed E-state index contributed by atoms with van der Waals surface area (Å²) in [5.74, 6) is 0.879. The summed E-state index contributed by atoms with van der Waals surface area (Å²) in [7, 11) is -3.84. The van der Waals surface area contributed by atoms with E-state index in [1.165, 1.54) is 24.3 Å². The number of nitrogens with one attached hydrogen (secondary N) is 1. The maximum absolute atomic E-state index is 13.3. The Labute approximate surface area is 158 Å². The third kappa shape index (κ3) is 3.28. The molecule has 0 saturated heterocycles. The second-order valence-corrected chi connectivity index (χ2v) is 9.50. The van der Waals surface area contributed by atoms with Crippen LogP contribution in [0.3, 0.4) is 0 Å². The van der Waals surface area contributed by atoms with Crippen molar-refractivity contribution in [3.63, 3.8) is 0 Å². The Balaban J connectivity index is 1.92. The summed E-state index contributed by atoms with van der Waals surface area (Å²) in [5, 5.41) is 3.30. The van der Waals surface area contributed by atoms with Crippen LogP contribution in [0, 0.1) is 6.92 Å². The molecule has 0 spiro atoms. The standard InChI is InChI=1S/C19H22ClNO4S/c1-13-5-10-17(25-13)14(2)21-18(22)19(11-3-4-12-19)26(23,24)16-8-6-15(20)7-9-16/h5-10,14H,3-4,11-12H2,1-2H3,(H,21,22). The molecule has 1 atom stereocenters. The van der Waals surface area contributed by atoms with Crippen LogP contribution in [0.4, 0.5) is 0 Å². The fourth-order valence-electron chi connectivity index (χ4n) is 3.49. The van der Waals surface area contributed by atoms with Crippen molar-refractivity contribution in [2.24, 2.45) is 0 Å². The van der Waals surface area contributed by atoms with Gasteiger partial charge in [-0.1, -0.05) is 24.4 Å². The number of aryl methyl sites for hydroxylation is 1. The lowest BCUT2D eigenvalue weighted by Crippen LogP contribution is -2.51. The first-order valence-corrected chi connectivity index (χ1v) is 10.5. The van der Waals surface area contributed by atoms with Gasteiger partial charge in [-0.2, -0.15) is 0 Å². The van der Waals surface area contributed by atoms with Crippen LogP contribution in [0.25, 0.3) is 0 Å². The molecule has 2 aromatic rings. The molecule has 140 valence electrons. The molecule has 1 aliphatic carbocycles. The van der Waals surface area contributed by atoms with Crippen LogP contribution in [0.2, 0.25) is 5.02 Å². The van der Waals surface area contributed by atoms with Gasteiger partial charge in [-0.15, -0.1) is 0 Å². The maximum Gasteiger partial charge on any atom is 0.242 e. The van der Waals surface area contributed by atoms with E-state index in [1.807, 2.05) is 13.0 Å². The molecule has 1 saturated carbocycles. The van der Waals surface area contributed by atoms with Crippen molar-refractivity contribution in [1.82, 2.24) is 5.32 Å². The second-order valence-electron chi connectivity index (χ2n) is 6.80. The number of rotatable bonds is 5. The smallest absolute Gasteiger partial charge is 0.242 e. The van der Waals surface area contributed by atoms with E-state index in [2.05, 4.69) is 5.32 Å². The first-order valence-electron chi connectivity index (χ1n) is 8.64. The molecule has 26 heavy (non-hydrogen) atoms. The quantitative estimate of drug-likeness (QED) is 0.822. The number of hydrogen-bond donors (Lipinski definition) is 1. The molecule has 1 unspecified atom stereocenters. The second kappa shape index (κ2) is 7.08. The van der Waals surface area contributed by atoms with Crippen molar-refractivity contribution >= 4 is 27.3 Å². The highest BCUT2D eigenvalue weighted by Gasteiger charge is 2.53. The van der Waals surface area contributed by atoms with Gasteiger partial charge in [-0.05, 0) is 63.1 Å². The van der Waals surface area contributed by atoms with Gasteiger partial charge < -0.3 is 9.73 Å². The molecule has 5 nitrogen and oxygen atoms in total. The van der Waals surface area contributed by atoms with Gasteiger partial charge in [-0.3, -0.25) is 4.79 Å². The van der Waals surface area contributed by atoms with E-state index in [1.54, 1.807) is 13.0 Å². The third-order valence-corrected chi connectivity index (χ3v) is 7.77. The number of sulfone groups is 1. The zero-order valence-corrected chi connectivity index (χ0v) is 16.4. The normalized spacial score (nSPS) is 17.8. The highest BCUT2D eigenvalue weighted by molar-refractivity contribution is 7.93. The molecule has 1 N–H and O–H groups in total. The van der Waals surface area contributed by atoms with E-state index >= 15 is 0 Å². The van der Waals surface area contributed by atoms with E-state index in [-0.39, 0.29) is 4.90 Å². The highest BCUT2D eigenvalue weighted by atomic mass is 35.5. The minimum Gasteiger partial charge on any atom is -0.464 e. The van der Waals surface area contributed by atoms with Crippen LogP contribution >= 0.6 is 11.6 Å². The van der Waals surface area contributed by atoms with Crippen LogP contribution < -0.4 is 5.32 Å². The van der Waals surface area contributed by atoms with E-state index in [4.69, 9.17) is 16.0 Å². The van der Waals surface area contributed by atoms with Crippen molar-refractivity contribution in [3.05, 3.63) is 52.9 Å². The Bertz CT molecular complexity index is 896. The number of carbonyl (C=O) groups is 1. The summed E-state index contributed by atoms with van der Waals surface area (Å²) in [4.78, 5) is 13.2. The van der Waals surface area contributed by atoms with Crippen LogP contribution in [0.15, 0.2) is 45.7 Å². The Morgan fingerprint density at radius 3 is 2.31 bits per heavy atom. The van der Waals surface area contributed by atoms with Crippen LogP contribution in [-0.2, 0) is 14.6 Å². The predicted molar refractivity (Wildman–Crippen MR) is 99.8 cm³/mol. The first kappa shape index (κ1) is 19.0. The summed E-state index contributed by atoms with van der Waals surface area (Å²) < 4.78 is 30.7. The van der Waals surface area contributed by atoms with Gasteiger partial charge in [0.1, 0.15) is 11.5 Å². The Morgan fingerprint density at radius 1 is 1.15 bits per heavy atom. The average molecular weight is 396 g/mol. The number of halogens is 1. The first-order chi connectivity index (χ1) is 12.3. The number of amides is 1. The SMILES string of the molecule is Cc1ccc(C(C)NC(=O)C2(S(=O)(=O)c3ccc(Cl)cc3)CCCC2)o1. The summed E-state index contributed by atoms with van der Waals surface area (Å²) in [6, 6.07) is 9.18. The van der Waals surface area contributed by atoms with Crippen molar-refractivity contribution in [1.29, 1.82) is 0 Å². The fraction of sp³-hybridized carbons (Fsp3) is 0.421. The fourth-order valence-corrected chi connectivity index (χ4v) is 5.69. The van der Waals surface area contributed by atoms with E-state index in [0.717, 1.165) is 5.76 Å². The average Bonchev–Trinajstić information content (AvgIpc) is 3.25. The zero-order valence-electron chi connectivity index (χ0n) is 14.8. The number of furan rings is 1. The lowest BCUT2D eigenvalue weighted by molar-refractivity contribution is -0.124. The van der Waals surface area contributed by atoms with Crippen molar-refractivity contribution < 1.29 is 17.6 Å². The number of carbonyl (C=O) groups excluding carboxylic acids is 1. The number of benzene rings is 1. The van der Waals surface area contributed by atoms with Crippen molar-refractivity contribution in [2.45, 2.75) is 55.2 Å². The summed E-state index contributed by atoms with van der Waals surface area (Å²) in [5.41, 5.74) is 0.